The maximum atomic E-state index is 12.4. The zero-order valence-electron chi connectivity index (χ0n) is 16.0. The summed E-state index contributed by atoms with van der Waals surface area (Å²) in [4.78, 5) is 31.2. The van der Waals surface area contributed by atoms with Crippen molar-refractivity contribution in [1.29, 1.82) is 0 Å². The average Bonchev–Trinajstić information content (AvgIpc) is 3.29. The van der Waals surface area contributed by atoms with Crippen LogP contribution in [-0.2, 0) is 4.79 Å². The molecule has 0 radical (unpaired) electrons. The van der Waals surface area contributed by atoms with Crippen molar-refractivity contribution in [1.82, 2.24) is 15.1 Å². The van der Waals surface area contributed by atoms with Gasteiger partial charge in [-0.3, -0.25) is 19.9 Å². The molecule has 0 saturated carbocycles. The van der Waals surface area contributed by atoms with Gasteiger partial charge < -0.3 is 14.6 Å². The first-order valence-electron chi connectivity index (χ1n) is 9.11. The molecular formula is C21H15N5O5. The number of aromatic nitrogens is 3. The third kappa shape index (κ3) is 4.53. The second-order valence-corrected chi connectivity index (χ2v) is 6.27. The molecule has 4 rings (SSSR count). The molecule has 0 spiro atoms. The van der Waals surface area contributed by atoms with Crippen LogP contribution in [0.5, 0.6) is 5.75 Å². The maximum absolute atomic E-state index is 12.4. The van der Waals surface area contributed by atoms with Crippen molar-refractivity contribution in [2.24, 2.45) is 0 Å². The van der Waals surface area contributed by atoms with Gasteiger partial charge in [0.2, 0.25) is 5.82 Å². The minimum atomic E-state index is -0.571. The van der Waals surface area contributed by atoms with Crippen LogP contribution in [0.15, 0.2) is 77.6 Å². The van der Waals surface area contributed by atoms with Crippen LogP contribution in [-0.4, -0.2) is 32.6 Å². The molecule has 2 aromatic carbocycles. The number of nitro groups is 1. The van der Waals surface area contributed by atoms with Gasteiger partial charge in [0.15, 0.2) is 12.4 Å². The third-order valence-electron chi connectivity index (χ3n) is 4.22. The van der Waals surface area contributed by atoms with E-state index in [2.05, 4.69) is 20.4 Å². The molecule has 10 nitrogen and oxygen atoms in total. The van der Waals surface area contributed by atoms with Crippen LogP contribution >= 0.6 is 0 Å². The number of carbonyl (C=O) groups excluding carboxylic acids is 1. The summed E-state index contributed by atoms with van der Waals surface area (Å²) in [7, 11) is 0. The summed E-state index contributed by atoms with van der Waals surface area (Å²) in [6.07, 6.45) is 3.24. The van der Waals surface area contributed by atoms with Gasteiger partial charge >= 0.3 is 5.69 Å². The van der Waals surface area contributed by atoms with Crippen molar-refractivity contribution in [3.8, 4) is 28.6 Å². The molecule has 1 N–H and O–H groups in total. The summed E-state index contributed by atoms with van der Waals surface area (Å²) < 4.78 is 10.7. The number of hydrogen-bond acceptors (Lipinski definition) is 8. The molecule has 2 aromatic heterocycles. The molecule has 0 aliphatic heterocycles. The molecule has 0 unspecified atom stereocenters. The molecule has 0 bridgehead atoms. The zero-order valence-corrected chi connectivity index (χ0v) is 16.0. The lowest BCUT2D eigenvalue weighted by molar-refractivity contribution is -0.385. The predicted octanol–water partition coefficient (Wildman–Crippen LogP) is 3.72. The van der Waals surface area contributed by atoms with Gasteiger partial charge in [-0.2, -0.15) is 4.98 Å². The van der Waals surface area contributed by atoms with Crippen molar-refractivity contribution in [2.75, 3.05) is 11.9 Å². The van der Waals surface area contributed by atoms with Gasteiger partial charge in [-0.25, -0.2) is 0 Å². The fourth-order valence-corrected chi connectivity index (χ4v) is 2.79. The number of ether oxygens (including phenoxy) is 1. The zero-order chi connectivity index (χ0) is 21.6. The number of nitrogens with one attached hydrogen (secondary N) is 1. The van der Waals surface area contributed by atoms with Crippen LogP contribution < -0.4 is 10.1 Å². The van der Waals surface area contributed by atoms with Gasteiger partial charge in [-0.05, 0) is 30.3 Å². The number of benzene rings is 2. The number of rotatable bonds is 7. The normalized spacial score (nSPS) is 10.5. The Morgan fingerprint density at radius 1 is 1.06 bits per heavy atom. The summed E-state index contributed by atoms with van der Waals surface area (Å²) in [6, 6.07) is 16.3. The Hall–Kier alpha value is -4.60. The summed E-state index contributed by atoms with van der Waals surface area (Å²) in [6.45, 7) is -0.411. The lowest BCUT2D eigenvalue weighted by Crippen LogP contribution is -2.20. The molecule has 0 atom stereocenters. The molecule has 2 heterocycles. The summed E-state index contributed by atoms with van der Waals surface area (Å²) in [5.74, 6) is 0.120. The monoisotopic (exact) mass is 417 g/mol. The fraction of sp³-hybridized carbons (Fsp3) is 0.0476. The Balaban J connectivity index is 1.49. The number of pyridine rings is 1. The molecule has 1 amide bonds. The summed E-state index contributed by atoms with van der Waals surface area (Å²) >= 11 is 0. The van der Waals surface area contributed by atoms with Crippen LogP contribution in [0.25, 0.3) is 22.8 Å². The first kappa shape index (κ1) is 19.7. The Kier molecular flexibility index (Phi) is 5.61. The van der Waals surface area contributed by atoms with Gasteiger partial charge in [0.25, 0.3) is 11.8 Å². The number of amides is 1. The molecule has 0 saturated heterocycles. The van der Waals surface area contributed by atoms with Crippen molar-refractivity contribution in [3.05, 3.63) is 83.2 Å². The highest BCUT2D eigenvalue weighted by molar-refractivity contribution is 5.95. The highest BCUT2D eigenvalue weighted by atomic mass is 16.6. The Morgan fingerprint density at radius 3 is 2.61 bits per heavy atom. The lowest BCUT2D eigenvalue weighted by Gasteiger charge is -2.10. The van der Waals surface area contributed by atoms with Gasteiger partial charge in [0, 0.05) is 24.0 Å². The smallest absolute Gasteiger partial charge is 0.310 e. The standard InChI is InChI=1S/C21H15N5O5/c27-19(13-30-18-8-4-3-7-17(18)26(28)29)23-16-6-2-1-5-15(16)21-24-20(25-31-21)14-9-11-22-12-10-14/h1-12H,13H2,(H,23,27). The first-order valence-corrected chi connectivity index (χ1v) is 9.11. The van der Waals surface area contributed by atoms with Crippen LogP contribution in [0.4, 0.5) is 11.4 Å². The van der Waals surface area contributed by atoms with E-state index in [-0.39, 0.29) is 17.3 Å². The van der Waals surface area contributed by atoms with E-state index >= 15 is 0 Å². The molecule has 0 fully saturated rings. The molecular weight excluding hydrogens is 402 g/mol. The minimum Gasteiger partial charge on any atom is -0.477 e. The molecule has 0 aliphatic carbocycles. The highest BCUT2D eigenvalue weighted by Crippen LogP contribution is 2.29. The number of hydrogen-bond donors (Lipinski definition) is 1. The van der Waals surface area contributed by atoms with E-state index < -0.39 is 17.4 Å². The third-order valence-corrected chi connectivity index (χ3v) is 4.22. The minimum absolute atomic E-state index is 0.00910. The number of nitrogens with zero attached hydrogens (tertiary/aromatic N) is 4. The summed E-state index contributed by atoms with van der Waals surface area (Å²) in [5, 5.41) is 17.7. The second kappa shape index (κ2) is 8.82. The first-order chi connectivity index (χ1) is 15.1. The van der Waals surface area contributed by atoms with Gasteiger partial charge in [0.1, 0.15) is 0 Å². The molecule has 0 aliphatic rings. The van der Waals surface area contributed by atoms with Crippen molar-refractivity contribution < 1.29 is 19.0 Å². The van der Waals surface area contributed by atoms with Crippen molar-refractivity contribution >= 4 is 17.3 Å². The van der Waals surface area contributed by atoms with E-state index in [1.54, 1.807) is 54.9 Å². The second-order valence-electron chi connectivity index (χ2n) is 6.27. The van der Waals surface area contributed by atoms with Crippen molar-refractivity contribution in [3.63, 3.8) is 0 Å². The molecule has 154 valence electrons. The topological polar surface area (TPSA) is 133 Å². The quantitative estimate of drug-likeness (QED) is 0.355. The SMILES string of the molecule is O=C(COc1ccccc1[N+](=O)[O-])Nc1ccccc1-c1nc(-c2ccncc2)no1. The Bertz CT molecular complexity index is 1230. The van der Waals surface area contributed by atoms with E-state index in [0.29, 0.717) is 17.1 Å². The van der Waals surface area contributed by atoms with Crippen LogP contribution in [0, 0.1) is 10.1 Å². The van der Waals surface area contributed by atoms with Crippen LogP contribution in [0.3, 0.4) is 0 Å². The fourth-order valence-electron chi connectivity index (χ4n) is 2.79. The Labute approximate surface area is 175 Å². The maximum Gasteiger partial charge on any atom is 0.310 e. The van der Waals surface area contributed by atoms with E-state index in [4.69, 9.17) is 9.26 Å². The van der Waals surface area contributed by atoms with Gasteiger partial charge in [-0.1, -0.05) is 29.4 Å². The lowest BCUT2D eigenvalue weighted by atomic mass is 10.1. The predicted molar refractivity (Wildman–Crippen MR) is 110 cm³/mol. The van der Waals surface area contributed by atoms with Crippen LogP contribution in [0.2, 0.25) is 0 Å². The highest BCUT2D eigenvalue weighted by Gasteiger charge is 2.17. The van der Waals surface area contributed by atoms with Crippen LogP contribution in [0.1, 0.15) is 0 Å². The van der Waals surface area contributed by atoms with E-state index in [0.717, 1.165) is 5.56 Å². The van der Waals surface area contributed by atoms with E-state index in [9.17, 15) is 14.9 Å². The van der Waals surface area contributed by atoms with E-state index in [1.807, 2.05) is 0 Å². The van der Waals surface area contributed by atoms with E-state index in [1.165, 1.54) is 18.2 Å². The largest absolute Gasteiger partial charge is 0.477 e. The van der Waals surface area contributed by atoms with Crippen molar-refractivity contribution in [2.45, 2.75) is 0 Å². The molecule has 10 heteroatoms. The number of nitro benzene ring substituents is 1. The number of carbonyl (C=O) groups is 1. The van der Waals surface area contributed by atoms with Gasteiger partial charge in [-0.15, -0.1) is 0 Å². The molecule has 31 heavy (non-hydrogen) atoms. The summed E-state index contributed by atoms with van der Waals surface area (Å²) in [5.41, 5.74) is 1.48. The average molecular weight is 417 g/mol. The number of anilines is 1. The van der Waals surface area contributed by atoms with Gasteiger partial charge in [0.05, 0.1) is 16.2 Å². The Morgan fingerprint density at radius 2 is 1.81 bits per heavy atom. The molecule has 4 aromatic rings. The number of para-hydroxylation sites is 3.